The van der Waals surface area contributed by atoms with Crippen LogP contribution in [0.5, 0.6) is 0 Å². The molecule has 0 spiro atoms. The highest BCUT2D eigenvalue weighted by molar-refractivity contribution is 5.08. The third kappa shape index (κ3) is 5.43. The van der Waals surface area contributed by atoms with Gasteiger partial charge in [0.15, 0.2) is 0 Å². The number of rotatable bonds is 6. The highest BCUT2D eigenvalue weighted by Gasteiger charge is 2.17. The van der Waals surface area contributed by atoms with Gasteiger partial charge < -0.3 is 5.32 Å². The van der Waals surface area contributed by atoms with Gasteiger partial charge in [-0.2, -0.15) is 0 Å². The van der Waals surface area contributed by atoms with E-state index in [1.54, 1.807) is 0 Å². The van der Waals surface area contributed by atoms with Gasteiger partial charge >= 0.3 is 0 Å². The summed E-state index contributed by atoms with van der Waals surface area (Å²) >= 11 is 0. The van der Waals surface area contributed by atoms with Crippen LogP contribution in [-0.2, 0) is 0 Å². The first-order chi connectivity index (χ1) is 6.34. The summed E-state index contributed by atoms with van der Waals surface area (Å²) in [4.78, 5) is 0. The predicted molar refractivity (Wildman–Crippen MR) is 65.5 cm³/mol. The van der Waals surface area contributed by atoms with Gasteiger partial charge in [-0.25, -0.2) is 0 Å². The van der Waals surface area contributed by atoms with E-state index in [4.69, 9.17) is 0 Å². The predicted octanol–water partition coefficient (Wildman–Crippen LogP) is 3.61. The molecule has 0 aliphatic rings. The molecule has 0 aromatic rings. The van der Waals surface area contributed by atoms with Crippen LogP contribution in [0.1, 0.15) is 48.0 Å². The molecule has 0 aromatic heterocycles. The summed E-state index contributed by atoms with van der Waals surface area (Å²) in [6.45, 7) is 17.6. The van der Waals surface area contributed by atoms with Crippen LogP contribution >= 0.6 is 0 Å². The van der Waals surface area contributed by atoms with Crippen molar-refractivity contribution in [2.24, 2.45) is 11.8 Å². The number of hydrogen-bond donors (Lipinski definition) is 1. The molecule has 1 atom stereocenters. The van der Waals surface area contributed by atoms with Crippen LogP contribution in [0.4, 0.5) is 0 Å². The molecule has 1 nitrogen and oxygen atoms in total. The van der Waals surface area contributed by atoms with Crippen LogP contribution in [0.2, 0.25) is 0 Å². The quantitative estimate of drug-likeness (QED) is 0.641. The Kier molecular flexibility index (Phi) is 6.10. The Hall–Kier alpha value is -0.300. The SMILES string of the molecule is C=C(C(C)C)C(CC(C)C)NC(C)C. The van der Waals surface area contributed by atoms with E-state index in [1.807, 2.05) is 0 Å². The summed E-state index contributed by atoms with van der Waals surface area (Å²) in [5.74, 6) is 1.30. The standard InChI is InChI=1S/C13H27N/c1-9(2)8-13(14-11(5)6)12(7)10(3)4/h9-11,13-14H,7-8H2,1-6H3. The van der Waals surface area contributed by atoms with Crippen LogP contribution in [-0.4, -0.2) is 12.1 Å². The fraction of sp³-hybridized carbons (Fsp3) is 0.846. The van der Waals surface area contributed by atoms with E-state index in [0.29, 0.717) is 18.0 Å². The van der Waals surface area contributed by atoms with Gasteiger partial charge in [0, 0.05) is 12.1 Å². The lowest BCUT2D eigenvalue weighted by Gasteiger charge is -2.27. The van der Waals surface area contributed by atoms with Crippen molar-refractivity contribution in [2.75, 3.05) is 0 Å². The molecule has 0 aliphatic heterocycles. The van der Waals surface area contributed by atoms with Gasteiger partial charge in [0.05, 0.1) is 0 Å². The topological polar surface area (TPSA) is 12.0 Å². The maximum atomic E-state index is 4.20. The van der Waals surface area contributed by atoms with E-state index >= 15 is 0 Å². The van der Waals surface area contributed by atoms with Crippen LogP contribution in [0.25, 0.3) is 0 Å². The van der Waals surface area contributed by atoms with Crippen molar-refractivity contribution in [1.82, 2.24) is 5.32 Å². The second-order valence-corrected chi connectivity index (χ2v) is 5.23. The Balaban J connectivity index is 4.31. The summed E-state index contributed by atoms with van der Waals surface area (Å²) in [6.07, 6.45) is 1.19. The summed E-state index contributed by atoms with van der Waals surface area (Å²) in [6, 6.07) is 1.02. The lowest BCUT2D eigenvalue weighted by molar-refractivity contribution is 0.409. The van der Waals surface area contributed by atoms with E-state index in [-0.39, 0.29) is 0 Å². The average molecular weight is 197 g/mol. The van der Waals surface area contributed by atoms with E-state index in [1.165, 1.54) is 12.0 Å². The molecular weight excluding hydrogens is 170 g/mol. The normalized spacial score (nSPS) is 14.1. The molecule has 0 amide bonds. The van der Waals surface area contributed by atoms with Gasteiger partial charge in [-0.05, 0) is 18.3 Å². The van der Waals surface area contributed by atoms with Crippen LogP contribution in [0.15, 0.2) is 12.2 Å². The summed E-state index contributed by atoms with van der Waals surface area (Å²) in [7, 11) is 0. The monoisotopic (exact) mass is 197 g/mol. The molecule has 0 fully saturated rings. The lowest BCUT2D eigenvalue weighted by Crippen LogP contribution is -2.38. The Morgan fingerprint density at radius 1 is 1.07 bits per heavy atom. The van der Waals surface area contributed by atoms with Crippen molar-refractivity contribution in [2.45, 2.75) is 60.0 Å². The first kappa shape index (κ1) is 13.7. The maximum Gasteiger partial charge on any atom is 0.0284 e. The molecule has 0 radical (unpaired) electrons. The average Bonchev–Trinajstić information content (AvgIpc) is 1.99. The zero-order valence-electron chi connectivity index (χ0n) is 10.7. The molecule has 0 aromatic carbocycles. The highest BCUT2D eigenvalue weighted by Crippen LogP contribution is 2.18. The highest BCUT2D eigenvalue weighted by atomic mass is 14.9. The minimum Gasteiger partial charge on any atom is -0.308 e. The van der Waals surface area contributed by atoms with Crippen LogP contribution < -0.4 is 5.32 Å². The summed E-state index contributed by atoms with van der Waals surface area (Å²) < 4.78 is 0. The van der Waals surface area contributed by atoms with Gasteiger partial charge in [0.2, 0.25) is 0 Å². The smallest absolute Gasteiger partial charge is 0.0284 e. The minimum absolute atomic E-state index is 0.481. The molecule has 0 bridgehead atoms. The Morgan fingerprint density at radius 2 is 1.57 bits per heavy atom. The molecule has 1 heteroatoms. The molecule has 1 N–H and O–H groups in total. The summed E-state index contributed by atoms with van der Waals surface area (Å²) in [5.41, 5.74) is 1.34. The van der Waals surface area contributed by atoms with Crippen molar-refractivity contribution in [3.05, 3.63) is 12.2 Å². The van der Waals surface area contributed by atoms with Gasteiger partial charge in [-0.3, -0.25) is 0 Å². The second kappa shape index (κ2) is 6.23. The van der Waals surface area contributed by atoms with E-state index in [2.05, 4.69) is 53.4 Å². The van der Waals surface area contributed by atoms with Crippen molar-refractivity contribution >= 4 is 0 Å². The number of nitrogens with one attached hydrogen (secondary N) is 1. The Bertz CT molecular complexity index is 158. The molecule has 0 heterocycles. The lowest BCUT2D eigenvalue weighted by atomic mass is 9.91. The fourth-order valence-electron chi connectivity index (χ4n) is 1.60. The molecule has 0 rings (SSSR count). The molecule has 0 aliphatic carbocycles. The van der Waals surface area contributed by atoms with Gasteiger partial charge in [-0.1, -0.05) is 53.7 Å². The first-order valence-corrected chi connectivity index (χ1v) is 5.79. The van der Waals surface area contributed by atoms with E-state index in [0.717, 1.165) is 5.92 Å². The third-order valence-corrected chi connectivity index (χ3v) is 2.43. The zero-order chi connectivity index (χ0) is 11.3. The van der Waals surface area contributed by atoms with Crippen molar-refractivity contribution in [1.29, 1.82) is 0 Å². The fourth-order valence-corrected chi connectivity index (χ4v) is 1.60. The van der Waals surface area contributed by atoms with E-state index < -0.39 is 0 Å². The molecule has 84 valence electrons. The molecule has 0 saturated heterocycles. The molecule has 14 heavy (non-hydrogen) atoms. The van der Waals surface area contributed by atoms with Crippen molar-refractivity contribution < 1.29 is 0 Å². The van der Waals surface area contributed by atoms with Crippen LogP contribution in [0.3, 0.4) is 0 Å². The zero-order valence-corrected chi connectivity index (χ0v) is 10.7. The minimum atomic E-state index is 0.481. The van der Waals surface area contributed by atoms with Crippen LogP contribution in [0, 0.1) is 11.8 Å². The molecular formula is C13H27N. The Morgan fingerprint density at radius 3 is 1.86 bits per heavy atom. The second-order valence-electron chi connectivity index (χ2n) is 5.23. The Labute approximate surface area is 90.0 Å². The van der Waals surface area contributed by atoms with Gasteiger partial charge in [-0.15, -0.1) is 0 Å². The van der Waals surface area contributed by atoms with Gasteiger partial charge in [0.1, 0.15) is 0 Å². The third-order valence-electron chi connectivity index (χ3n) is 2.43. The summed E-state index contributed by atoms with van der Waals surface area (Å²) in [5, 5.41) is 3.59. The molecule has 1 unspecified atom stereocenters. The van der Waals surface area contributed by atoms with E-state index in [9.17, 15) is 0 Å². The molecule has 0 saturated carbocycles. The largest absolute Gasteiger partial charge is 0.308 e. The number of hydrogen-bond acceptors (Lipinski definition) is 1. The first-order valence-electron chi connectivity index (χ1n) is 5.79. The van der Waals surface area contributed by atoms with Crippen molar-refractivity contribution in [3.63, 3.8) is 0 Å². The van der Waals surface area contributed by atoms with Gasteiger partial charge in [0.25, 0.3) is 0 Å². The maximum absolute atomic E-state index is 4.20. The van der Waals surface area contributed by atoms with Crippen molar-refractivity contribution in [3.8, 4) is 0 Å².